The standard InChI is InChI=1S/C33H35NO7/c1-4-39-28-19-23(11-14-27(28)40-20-22-9-6-5-7-10-22)30-29(32(36)33(37)34(30)15-8-16-38-3)31(35)24-12-13-26-25(18-24)17-21(2)41-26/h5-7,9-14,18-19,21,30,35H,4,8,15-17,20H2,1-3H3/t21-,30-/m1/s1. The van der Waals surface area contributed by atoms with Gasteiger partial charge < -0.3 is 29.0 Å². The molecule has 3 aromatic carbocycles. The minimum Gasteiger partial charge on any atom is -0.507 e. The molecule has 8 heteroatoms. The minimum absolute atomic E-state index is 0.0355. The summed E-state index contributed by atoms with van der Waals surface area (Å²) in [4.78, 5) is 28.3. The van der Waals surface area contributed by atoms with Crippen LogP contribution in [0.5, 0.6) is 17.2 Å². The molecule has 41 heavy (non-hydrogen) atoms. The van der Waals surface area contributed by atoms with E-state index in [2.05, 4.69) is 0 Å². The number of Topliss-reactive ketones (excluding diaryl/α,β-unsaturated/α-hetero) is 1. The number of carbonyl (C=O) groups excluding carboxylic acids is 2. The lowest BCUT2D eigenvalue weighted by atomic mass is 9.94. The van der Waals surface area contributed by atoms with Crippen molar-refractivity contribution in [2.45, 2.75) is 45.4 Å². The number of fused-ring (bicyclic) bond motifs is 1. The smallest absolute Gasteiger partial charge is 0.295 e. The third-order valence-electron chi connectivity index (χ3n) is 7.28. The van der Waals surface area contributed by atoms with Gasteiger partial charge in [0, 0.05) is 32.2 Å². The lowest BCUT2D eigenvalue weighted by Gasteiger charge is -2.26. The number of likely N-dealkylation sites (tertiary alicyclic amines) is 1. The third-order valence-corrected chi connectivity index (χ3v) is 7.28. The molecular weight excluding hydrogens is 522 g/mol. The van der Waals surface area contributed by atoms with Gasteiger partial charge in [-0.05, 0) is 67.3 Å². The zero-order valence-electron chi connectivity index (χ0n) is 23.6. The zero-order valence-corrected chi connectivity index (χ0v) is 23.6. The van der Waals surface area contributed by atoms with Gasteiger partial charge in [-0.15, -0.1) is 0 Å². The van der Waals surface area contributed by atoms with E-state index in [1.165, 1.54) is 4.90 Å². The molecule has 0 saturated carbocycles. The summed E-state index contributed by atoms with van der Waals surface area (Å²) in [5.41, 5.74) is 3.11. The van der Waals surface area contributed by atoms with Gasteiger partial charge in [-0.2, -0.15) is 0 Å². The highest BCUT2D eigenvalue weighted by atomic mass is 16.5. The maximum Gasteiger partial charge on any atom is 0.295 e. The second-order valence-corrected chi connectivity index (χ2v) is 10.2. The molecule has 0 spiro atoms. The van der Waals surface area contributed by atoms with E-state index in [1.807, 2.05) is 56.3 Å². The highest BCUT2D eigenvalue weighted by Gasteiger charge is 2.46. The molecule has 0 aliphatic carbocycles. The van der Waals surface area contributed by atoms with Crippen LogP contribution in [0.3, 0.4) is 0 Å². The van der Waals surface area contributed by atoms with Crippen LogP contribution in [0, 0.1) is 0 Å². The number of carbonyl (C=O) groups is 2. The summed E-state index contributed by atoms with van der Waals surface area (Å²) in [6.07, 6.45) is 1.27. The number of aliphatic hydroxyl groups excluding tert-OH is 1. The van der Waals surface area contributed by atoms with Gasteiger partial charge in [0.15, 0.2) is 11.5 Å². The number of methoxy groups -OCH3 is 1. The Bertz CT molecular complexity index is 1450. The molecule has 8 nitrogen and oxygen atoms in total. The maximum atomic E-state index is 13.4. The van der Waals surface area contributed by atoms with Crippen molar-refractivity contribution in [1.82, 2.24) is 4.90 Å². The fraction of sp³-hybridized carbons (Fsp3) is 0.333. The fourth-order valence-corrected chi connectivity index (χ4v) is 5.38. The predicted molar refractivity (Wildman–Crippen MR) is 154 cm³/mol. The molecule has 5 rings (SSSR count). The molecule has 0 bridgehead atoms. The first-order valence-electron chi connectivity index (χ1n) is 13.9. The molecule has 2 atom stereocenters. The van der Waals surface area contributed by atoms with Crippen LogP contribution in [0.2, 0.25) is 0 Å². The van der Waals surface area contributed by atoms with E-state index < -0.39 is 17.7 Å². The average molecular weight is 558 g/mol. The Kier molecular flexibility index (Phi) is 8.59. The van der Waals surface area contributed by atoms with Crippen LogP contribution < -0.4 is 14.2 Å². The van der Waals surface area contributed by atoms with Crippen LogP contribution in [-0.2, 0) is 27.4 Å². The molecule has 1 fully saturated rings. The van der Waals surface area contributed by atoms with Crippen molar-refractivity contribution in [2.75, 3.05) is 26.9 Å². The molecule has 2 aliphatic heterocycles. The summed E-state index contributed by atoms with van der Waals surface area (Å²) in [6, 6.07) is 19.7. The lowest BCUT2D eigenvalue weighted by Crippen LogP contribution is -2.31. The van der Waals surface area contributed by atoms with Gasteiger partial charge in [0.1, 0.15) is 24.2 Å². The summed E-state index contributed by atoms with van der Waals surface area (Å²) in [5.74, 6) is 0.200. The van der Waals surface area contributed by atoms with E-state index >= 15 is 0 Å². The Balaban J connectivity index is 1.55. The Hall–Kier alpha value is -4.30. The molecular formula is C33H35NO7. The monoisotopic (exact) mass is 557 g/mol. The second kappa shape index (κ2) is 12.5. The fourth-order valence-electron chi connectivity index (χ4n) is 5.38. The third kappa shape index (κ3) is 5.93. The minimum atomic E-state index is -0.808. The molecule has 2 aliphatic rings. The Morgan fingerprint density at radius 1 is 1.02 bits per heavy atom. The molecule has 0 aromatic heterocycles. The summed E-state index contributed by atoms with van der Waals surface area (Å²) >= 11 is 0. The molecule has 3 aromatic rings. The first-order chi connectivity index (χ1) is 19.9. The van der Waals surface area contributed by atoms with E-state index in [4.69, 9.17) is 18.9 Å². The molecule has 1 saturated heterocycles. The Morgan fingerprint density at radius 3 is 2.59 bits per heavy atom. The number of nitrogens with zero attached hydrogens (tertiary/aromatic N) is 1. The van der Waals surface area contributed by atoms with Crippen LogP contribution in [0.15, 0.2) is 72.3 Å². The van der Waals surface area contributed by atoms with E-state index in [9.17, 15) is 14.7 Å². The molecule has 214 valence electrons. The molecule has 1 N–H and O–H groups in total. The summed E-state index contributed by atoms with van der Waals surface area (Å²) in [7, 11) is 1.59. The van der Waals surface area contributed by atoms with E-state index in [-0.39, 0.29) is 24.0 Å². The quantitative estimate of drug-likeness (QED) is 0.145. The second-order valence-electron chi connectivity index (χ2n) is 10.2. The Morgan fingerprint density at radius 2 is 1.83 bits per heavy atom. The van der Waals surface area contributed by atoms with E-state index in [0.717, 1.165) is 16.9 Å². The SMILES string of the molecule is CCOc1cc([C@@H]2C(=C(O)c3ccc4c(c3)C[C@@H](C)O4)C(=O)C(=O)N2CCCOC)ccc1OCc1ccccc1. The molecule has 2 heterocycles. The number of hydrogen-bond acceptors (Lipinski definition) is 7. The van der Waals surface area contributed by atoms with Gasteiger partial charge in [0.2, 0.25) is 0 Å². The van der Waals surface area contributed by atoms with Gasteiger partial charge >= 0.3 is 0 Å². The molecule has 0 radical (unpaired) electrons. The van der Waals surface area contributed by atoms with E-state index in [0.29, 0.717) is 55.3 Å². The van der Waals surface area contributed by atoms with Gasteiger partial charge in [-0.1, -0.05) is 36.4 Å². The van der Waals surface area contributed by atoms with Crippen molar-refractivity contribution in [3.8, 4) is 17.2 Å². The average Bonchev–Trinajstić information content (AvgIpc) is 3.48. The van der Waals surface area contributed by atoms with Gasteiger partial charge in [0.25, 0.3) is 11.7 Å². The summed E-state index contributed by atoms with van der Waals surface area (Å²) in [6.45, 7) is 5.32. The molecule has 1 amide bonds. The van der Waals surface area contributed by atoms with Crippen LogP contribution in [-0.4, -0.2) is 54.7 Å². The lowest BCUT2D eigenvalue weighted by molar-refractivity contribution is -0.140. The van der Waals surface area contributed by atoms with Crippen LogP contribution >= 0.6 is 0 Å². The topological polar surface area (TPSA) is 94.5 Å². The molecule has 0 unspecified atom stereocenters. The Labute approximate surface area is 240 Å². The van der Waals surface area contributed by atoms with Crippen molar-refractivity contribution >= 4 is 17.4 Å². The van der Waals surface area contributed by atoms with E-state index in [1.54, 1.807) is 31.4 Å². The first kappa shape index (κ1) is 28.2. The summed E-state index contributed by atoms with van der Waals surface area (Å²) in [5, 5.41) is 11.5. The van der Waals surface area contributed by atoms with Gasteiger partial charge in [-0.25, -0.2) is 0 Å². The highest BCUT2D eigenvalue weighted by Crippen LogP contribution is 2.43. The van der Waals surface area contributed by atoms with Crippen molar-refractivity contribution in [3.63, 3.8) is 0 Å². The number of hydrogen-bond donors (Lipinski definition) is 1. The van der Waals surface area contributed by atoms with Crippen LogP contribution in [0.1, 0.15) is 48.6 Å². The first-order valence-corrected chi connectivity index (χ1v) is 13.9. The van der Waals surface area contributed by atoms with Crippen LogP contribution in [0.25, 0.3) is 5.76 Å². The highest BCUT2D eigenvalue weighted by molar-refractivity contribution is 6.46. The predicted octanol–water partition coefficient (Wildman–Crippen LogP) is 5.45. The number of benzene rings is 3. The number of ether oxygens (including phenoxy) is 4. The van der Waals surface area contributed by atoms with Crippen molar-refractivity contribution < 1.29 is 33.6 Å². The summed E-state index contributed by atoms with van der Waals surface area (Å²) < 4.78 is 23.0. The normalized spacial score (nSPS) is 19.2. The van der Waals surface area contributed by atoms with Crippen molar-refractivity contribution in [1.29, 1.82) is 0 Å². The van der Waals surface area contributed by atoms with Crippen LogP contribution in [0.4, 0.5) is 0 Å². The van der Waals surface area contributed by atoms with Gasteiger partial charge in [-0.3, -0.25) is 9.59 Å². The maximum absolute atomic E-state index is 13.4. The number of aliphatic hydroxyl groups is 1. The van der Waals surface area contributed by atoms with Crippen molar-refractivity contribution in [2.24, 2.45) is 0 Å². The largest absolute Gasteiger partial charge is 0.507 e. The number of ketones is 1. The number of amides is 1. The van der Waals surface area contributed by atoms with Crippen molar-refractivity contribution in [3.05, 3.63) is 94.6 Å². The zero-order chi connectivity index (χ0) is 28.9. The van der Waals surface area contributed by atoms with Gasteiger partial charge in [0.05, 0.1) is 18.2 Å². The number of rotatable bonds is 11.